The highest BCUT2D eigenvalue weighted by molar-refractivity contribution is 5.28. The molecule has 4 aliphatic carbocycles. The molecule has 0 aromatic carbocycles. The molecule has 0 bridgehead atoms. The highest BCUT2D eigenvalue weighted by atomic mass is 19.4. The van der Waals surface area contributed by atoms with E-state index in [1.165, 1.54) is 5.57 Å². The maximum atomic E-state index is 13.4. The molecule has 3 nitrogen and oxygen atoms in total. The van der Waals surface area contributed by atoms with Gasteiger partial charge >= 0.3 is 6.18 Å². The molecule has 7 atom stereocenters. The fraction of sp³-hybridized carbons (Fsp3) is 0.864. The Kier molecular flexibility index (Phi) is 4.67. The molecule has 6 heteroatoms. The van der Waals surface area contributed by atoms with E-state index in [1.807, 2.05) is 0 Å². The summed E-state index contributed by atoms with van der Waals surface area (Å²) in [5.41, 5.74) is -1.86. The first-order chi connectivity index (χ1) is 13.1. The van der Waals surface area contributed by atoms with Crippen molar-refractivity contribution in [3.05, 3.63) is 11.6 Å². The van der Waals surface area contributed by atoms with Crippen molar-refractivity contribution < 1.29 is 23.4 Å². The van der Waals surface area contributed by atoms with E-state index in [1.54, 1.807) is 6.08 Å². The molecule has 0 spiro atoms. The molecule has 0 radical (unpaired) electrons. The lowest BCUT2D eigenvalue weighted by Crippen LogP contribution is -2.60. The zero-order valence-corrected chi connectivity index (χ0v) is 16.4. The minimum atomic E-state index is -4.61. The van der Waals surface area contributed by atoms with Gasteiger partial charge in [0.25, 0.3) is 0 Å². The molecule has 0 aromatic rings. The number of nitrogens with zero attached hydrogens (tertiary/aromatic N) is 1. The van der Waals surface area contributed by atoms with Crippen LogP contribution in [0.2, 0.25) is 0 Å². The van der Waals surface area contributed by atoms with Gasteiger partial charge in [-0.15, -0.1) is 0 Å². The SMILES string of the molecule is C[C@]12CC[C@H]3[C@@H](CC[C@H]4C[C@@](O)(C(F)(F)F)CC[C@@]43CO)[C@@H]1CC/C2=C/C#N. The first kappa shape index (κ1) is 20.2. The normalized spacial score (nSPS) is 49.8. The molecular formula is C22H30F3NO2. The standard InChI is InChI=1S/C22H30F3NO2/c1-19-8-6-18-16(17(19)5-3-14(19)7-11-26)4-2-15-12-21(28,22(23,24)25)10-9-20(15,18)13-27/h7,15-18,27-28H,2-6,8-10,12-13H2,1H3/b14-7-/t15-,16-,17-,18-,19+,20+,21+/m0/s1. The van der Waals surface area contributed by atoms with E-state index >= 15 is 0 Å². The Morgan fingerprint density at radius 3 is 2.54 bits per heavy atom. The van der Waals surface area contributed by atoms with Crippen LogP contribution in [0.25, 0.3) is 0 Å². The number of aliphatic hydroxyl groups excluding tert-OH is 1. The number of aliphatic hydroxyl groups is 2. The molecule has 28 heavy (non-hydrogen) atoms. The molecule has 0 saturated heterocycles. The second-order valence-electron chi connectivity index (χ2n) is 10.1. The fourth-order valence-electron chi connectivity index (χ4n) is 7.78. The van der Waals surface area contributed by atoms with Crippen LogP contribution in [0.3, 0.4) is 0 Å². The van der Waals surface area contributed by atoms with Crippen LogP contribution in [-0.2, 0) is 0 Å². The van der Waals surface area contributed by atoms with E-state index < -0.39 is 17.2 Å². The van der Waals surface area contributed by atoms with Crippen molar-refractivity contribution in [2.75, 3.05) is 6.61 Å². The highest BCUT2D eigenvalue weighted by Gasteiger charge is 2.65. The van der Waals surface area contributed by atoms with Crippen molar-refractivity contribution in [1.29, 1.82) is 5.26 Å². The summed E-state index contributed by atoms with van der Waals surface area (Å²) in [6, 6.07) is 2.19. The van der Waals surface area contributed by atoms with E-state index in [-0.39, 0.29) is 43.1 Å². The summed E-state index contributed by atoms with van der Waals surface area (Å²) in [6.07, 6.45) is 2.05. The van der Waals surface area contributed by atoms with Crippen molar-refractivity contribution in [2.45, 2.75) is 76.5 Å². The highest BCUT2D eigenvalue weighted by Crippen LogP contribution is 2.68. The van der Waals surface area contributed by atoms with Gasteiger partial charge < -0.3 is 10.2 Å². The first-order valence-corrected chi connectivity index (χ1v) is 10.6. The van der Waals surface area contributed by atoms with Gasteiger partial charge in [-0.2, -0.15) is 18.4 Å². The van der Waals surface area contributed by atoms with E-state index in [0.29, 0.717) is 18.3 Å². The molecule has 0 amide bonds. The van der Waals surface area contributed by atoms with Gasteiger partial charge in [0.2, 0.25) is 0 Å². The molecule has 2 N–H and O–H groups in total. The van der Waals surface area contributed by atoms with Crippen molar-refractivity contribution in [1.82, 2.24) is 0 Å². The third kappa shape index (κ3) is 2.61. The molecule has 0 heterocycles. The maximum absolute atomic E-state index is 13.4. The van der Waals surface area contributed by atoms with Gasteiger partial charge in [0.1, 0.15) is 0 Å². The molecule has 4 rings (SSSR count). The van der Waals surface area contributed by atoms with E-state index in [0.717, 1.165) is 32.1 Å². The molecule has 156 valence electrons. The summed E-state index contributed by atoms with van der Waals surface area (Å²) >= 11 is 0. The lowest BCUT2D eigenvalue weighted by Gasteiger charge is -2.62. The van der Waals surface area contributed by atoms with Crippen LogP contribution >= 0.6 is 0 Å². The number of fused-ring (bicyclic) bond motifs is 5. The first-order valence-electron chi connectivity index (χ1n) is 10.6. The molecule has 4 fully saturated rings. The Balaban J connectivity index is 1.63. The van der Waals surface area contributed by atoms with Gasteiger partial charge in [0.15, 0.2) is 5.60 Å². The lowest BCUT2D eigenvalue weighted by molar-refractivity contribution is -0.293. The zero-order chi connectivity index (χ0) is 20.4. The number of hydrogen-bond donors (Lipinski definition) is 2. The predicted molar refractivity (Wildman–Crippen MR) is 97.8 cm³/mol. The smallest absolute Gasteiger partial charge is 0.396 e. The quantitative estimate of drug-likeness (QED) is 0.628. The predicted octanol–water partition coefficient (Wildman–Crippen LogP) is 4.74. The van der Waals surface area contributed by atoms with E-state index in [2.05, 4.69) is 13.0 Å². The average Bonchev–Trinajstić information content (AvgIpc) is 2.97. The second kappa shape index (κ2) is 6.47. The largest absolute Gasteiger partial charge is 0.417 e. The number of halogens is 3. The van der Waals surface area contributed by atoms with Crippen LogP contribution < -0.4 is 0 Å². The third-order valence-electron chi connectivity index (χ3n) is 9.33. The summed E-state index contributed by atoms with van der Waals surface area (Å²) < 4.78 is 40.3. The molecule has 0 aliphatic heterocycles. The van der Waals surface area contributed by atoms with Crippen molar-refractivity contribution in [2.24, 2.45) is 34.5 Å². The Morgan fingerprint density at radius 2 is 1.89 bits per heavy atom. The minimum absolute atomic E-state index is 0.0156. The third-order valence-corrected chi connectivity index (χ3v) is 9.33. The fourth-order valence-corrected chi connectivity index (χ4v) is 7.78. The number of nitriles is 1. The van der Waals surface area contributed by atoms with Crippen molar-refractivity contribution in [3.63, 3.8) is 0 Å². The monoisotopic (exact) mass is 397 g/mol. The lowest BCUT2D eigenvalue weighted by atomic mass is 9.43. The Morgan fingerprint density at radius 1 is 1.14 bits per heavy atom. The summed E-state index contributed by atoms with van der Waals surface area (Å²) in [5.74, 6) is 0.773. The van der Waals surface area contributed by atoms with Crippen LogP contribution in [0.5, 0.6) is 0 Å². The summed E-state index contributed by atoms with van der Waals surface area (Å²) in [6.45, 7) is 2.17. The molecule has 0 aromatic heterocycles. The second-order valence-corrected chi connectivity index (χ2v) is 10.1. The van der Waals surface area contributed by atoms with Gasteiger partial charge in [0.05, 0.1) is 6.07 Å². The van der Waals surface area contributed by atoms with Crippen LogP contribution in [0.15, 0.2) is 11.6 Å². The van der Waals surface area contributed by atoms with Gasteiger partial charge in [-0.25, -0.2) is 0 Å². The van der Waals surface area contributed by atoms with Crippen LogP contribution in [0.4, 0.5) is 13.2 Å². The van der Waals surface area contributed by atoms with Crippen molar-refractivity contribution >= 4 is 0 Å². The maximum Gasteiger partial charge on any atom is 0.417 e. The van der Waals surface area contributed by atoms with Gasteiger partial charge in [-0.1, -0.05) is 12.5 Å². The summed E-state index contributed by atoms with van der Waals surface area (Å²) in [5, 5.41) is 29.8. The summed E-state index contributed by atoms with van der Waals surface area (Å²) in [4.78, 5) is 0. The molecular weight excluding hydrogens is 367 g/mol. The zero-order valence-electron chi connectivity index (χ0n) is 16.4. The van der Waals surface area contributed by atoms with Crippen LogP contribution in [0, 0.1) is 45.8 Å². The van der Waals surface area contributed by atoms with Crippen LogP contribution in [0.1, 0.15) is 64.7 Å². The summed E-state index contributed by atoms with van der Waals surface area (Å²) in [7, 11) is 0. The minimum Gasteiger partial charge on any atom is -0.396 e. The Bertz CT molecular complexity index is 714. The van der Waals surface area contributed by atoms with E-state index in [4.69, 9.17) is 5.26 Å². The average molecular weight is 397 g/mol. The van der Waals surface area contributed by atoms with Crippen LogP contribution in [-0.4, -0.2) is 28.6 Å². The van der Waals surface area contributed by atoms with Gasteiger partial charge in [0, 0.05) is 12.7 Å². The number of alkyl halides is 3. The molecule has 4 aliphatic rings. The van der Waals surface area contributed by atoms with Gasteiger partial charge in [-0.05, 0) is 92.3 Å². The Labute approximate surface area is 164 Å². The molecule has 4 saturated carbocycles. The Hall–Kier alpha value is -1.06. The number of rotatable bonds is 1. The van der Waals surface area contributed by atoms with Crippen molar-refractivity contribution in [3.8, 4) is 6.07 Å². The van der Waals surface area contributed by atoms with E-state index in [9.17, 15) is 23.4 Å². The molecule has 0 unspecified atom stereocenters. The number of allylic oxidation sites excluding steroid dienone is 2. The number of hydrogen-bond acceptors (Lipinski definition) is 3. The van der Waals surface area contributed by atoms with Gasteiger partial charge in [-0.3, -0.25) is 0 Å². The topological polar surface area (TPSA) is 64.2 Å².